The molecule has 2 amide bonds. The first kappa shape index (κ1) is 17.9. The number of methoxy groups -OCH3 is 1. The van der Waals surface area contributed by atoms with Gasteiger partial charge in [-0.1, -0.05) is 12.1 Å². The lowest BCUT2D eigenvalue weighted by Crippen LogP contribution is -2.41. The fourth-order valence-corrected chi connectivity index (χ4v) is 2.50. The molecule has 1 aromatic heterocycles. The lowest BCUT2D eigenvalue weighted by molar-refractivity contribution is 0.129. The predicted molar refractivity (Wildman–Crippen MR) is 90.8 cm³/mol. The molecular formula is C18H24N2O4. The van der Waals surface area contributed by atoms with Crippen molar-refractivity contribution < 1.29 is 19.1 Å². The normalized spacial score (nSPS) is 13.2. The van der Waals surface area contributed by atoms with E-state index in [1.54, 1.807) is 19.2 Å². The number of aryl methyl sites for hydroxylation is 1. The van der Waals surface area contributed by atoms with Gasteiger partial charge in [-0.05, 0) is 43.2 Å². The van der Waals surface area contributed by atoms with E-state index < -0.39 is 6.10 Å². The monoisotopic (exact) mass is 332 g/mol. The molecule has 0 aliphatic heterocycles. The second-order valence-corrected chi connectivity index (χ2v) is 5.80. The van der Waals surface area contributed by atoms with Crippen LogP contribution in [0.2, 0.25) is 0 Å². The first-order chi connectivity index (χ1) is 11.5. The van der Waals surface area contributed by atoms with Gasteiger partial charge in [0.2, 0.25) is 0 Å². The Hall–Kier alpha value is -2.47. The smallest absolute Gasteiger partial charge is 0.315 e. The van der Waals surface area contributed by atoms with Gasteiger partial charge in [-0.2, -0.15) is 0 Å². The Morgan fingerprint density at radius 2 is 2.17 bits per heavy atom. The number of benzene rings is 1. The second-order valence-electron chi connectivity index (χ2n) is 5.80. The van der Waals surface area contributed by atoms with E-state index in [-0.39, 0.29) is 12.1 Å². The van der Waals surface area contributed by atoms with Gasteiger partial charge in [-0.25, -0.2) is 4.79 Å². The molecule has 1 aromatic carbocycles. The van der Waals surface area contributed by atoms with Crippen LogP contribution in [0.5, 0.6) is 5.75 Å². The number of aliphatic hydroxyl groups excluding tert-OH is 1. The Morgan fingerprint density at radius 3 is 2.79 bits per heavy atom. The SMILES string of the molecule is COc1ccc(CNC(=O)N[C@@H](C)C[C@H](O)c2ccco2)cc1C. The first-order valence-electron chi connectivity index (χ1n) is 7.89. The molecule has 24 heavy (non-hydrogen) atoms. The Balaban J connectivity index is 1.77. The molecule has 0 aliphatic carbocycles. The molecular weight excluding hydrogens is 308 g/mol. The zero-order valence-corrected chi connectivity index (χ0v) is 14.2. The third-order valence-corrected chi connectivity index (χ3v) is 3.74. The number of aliphatic hydroxyl groups is 1. The van der Waals surface area contributed by atoms with E-state index in [2.05, 4.69) is 10.6 Å². The van der Waals surface area contributed by atoms with E-state index >= 15 is 0 Å². The molecule has 0 radical (unpaired) electrons. The molecule has 1 heterocycles. The van der Waals surface area contributed by atoms with E-state index in [1.807, 2.05) is 32.0 Å². The molecule has 2 atom stereocenters. The van der Waals surface area contributed by atoms with Gasteiger partial charge in [0.25, 0.3) is 0 Å². The topological polar surface area (TPSA) is 83.7 Å². The van der Waals surface area contributed by atoms with Crippen molar-refractivity contribution in [3.8, 4) is 5.75 Å². The van der Waals surface area contributed by atoms with Gasteiger partial charge in [0.15, 0.2) is 0 Å². The molecule has 6 nitrogen and oxygen atoms in total. The average molecular weight is 332 g/mol. The van der Waals surface area contributed by atoms with E-state index in [0.29, 0.717) is 18.7 Å². The highest BCUT2D eigenvalue weighted by molar-refractivity contribution is 5.74. The van der Waals surface area contributed by atoms with Crippen LogP contribution in [-0.4, -0.2) is 24.3 Å². The minimum atomic E-state index is -0.737. The van der Waals surface area contributed by atoms with Crippen LogP contribution in [0.4, 0.5) is 4.79 Å². The van der Waals surface area contributed by atoms with Gasteiger partial charge in [0.1, 0.15) is 17.6 Å². The molecule has 0 spiro atoms. The highest BCUT2D eigenvalue weighted by Crippen LogP contribution is 2.19. The maximum atomic E-state index is 12.0. The van der Waals surface area contributed by atoms with Crippen molar-refractivity contribution in [2.24, 2.45) is 0 Å². The van der Waals surface area contributed by atoms with Crippen molar-refractivity contribution in [3.63, 3.8) is 0 Å². The molecule has 0 bridgehead atoms. The van der Waals surface area contributed by atoms with Crippen molar-refractivity contribution in [1.82, 2.24) is 10.6 Å². The van der Waals surface area contributed by atoms with Crippen LogP contribution in [0, 0.1) is 6.92 Å². The zero-order valence-electron chi connectivity index (χ0n) is 14.2. The molecule has 0 aliphatic rings. The van der Waals surface area contributed by atoms with Crippen LogP contribution in [0.1, 0.15) is 36.3 Å². The predicted octanol–water partition coefficient (Wildman–Crippen LogP) is 2.91. The van der Waals surface area contributed by atoms with Crippen LogP contribution in [0.3, 0.4) is 0 Å². The molecule has 2 aromatic rings. The molecule has 2 rings (SSSR count). The minimum absolute atomic E-state index is 0.192. The van der Waals surface area contributed by atoms with E-state index in [4.69, 9.17) is 9.15 Å². The summed E-state index contributed by atoms with van der Waals surface area (Å²) in [6.07, 6.45) is 1.16. The summed E-state index contributed by atoms with van der Waals surface area (Å²) < 4.78 is 10.4. The standard InChI is InChI=1S/C18H24N2O4/c1-12-9-14(6-7-16(12)23-3)11-19-18(22)20-13(2)10-15(21)17-5-4-8-24-17/h4-9,13,15,21H,10-11H2,1-3H3,(H2,19,20,22)/t13-,15-/m0/s1. The summed E-state index contributed by atoms with van der Waals surface area (Å²) >= 11 is 0. The highest BCUT2D eigenvalue weighted by Gasteiger charge is 2.16. The molecule has 130 valence electrons. The largest absolute Gasteiger partial charge is 0.496 e. The minimum Gasteiger partial charge on any atom is -0.496 e. The number of ether oxygens (including phenoxy) is 1. The summed E-state index contributed by atoms with van der Waals surface area (Å²) in [7, 11) is 1.63. The summed E-state index contributed by atoms with van der Waals surface area (Å²) in [5.41, 5.74) is 2.01. The van der Waals surface area contributed by atoms with Gasteiger partial charge < -0.3 is 24.9 Å². The number of urea groups is 1. The van der Waals surface area contributed by atoms with Crippen molar-refractivity contribution in [2.45, 2.75) is 39.0 Å². The lowest BCUT2D eigenvalue weighted by atomic mass is 10.1. The lowest BCUT2D eigenvalue weighted by Gasteiger charge is -2.17. The molecule has 0 unspecified atom stereocenters. The number of amides is 2. The summed E-state index contributed by atoms with van der Waals surface area (Å²) in [5.74, 6) is 1.32. The van der Waals surface area contributed by atoms with E-state index in [0.717, 1.165) is 16.9 Å². The van der Waals surface area contributed by atoms with Crippen molar-refractivity contribution in [3.05, 3.63) is 53.5 Å². The van der Waals surface area contributed by atoms with Gasteiger partial charge in [-0.15, -0.1) is 0 Å². The zero-order chi connectivity index (χ0) is 17.5. The first-order valence-corrected chi connectivity index (χ1v) is 7.89. The summed E-state index contributed by atoms with van der Waals surface area (Å²) in [6.45, 7) is 4.22. The maximum absolute atomic E-state index is 12.0. The molecule has 0 fully saturated rings. The molecule has 0 saturated heterocycles. The summed E-state index contributed by atoms with van der Waals surface area (Å²) in [5, 5.41) is 15.6. The van der Waals surface area contributed by atoms with Crippen molar-refractivity contribution >= 4 is 6.03 Å². The number of hydrogen-bond acceptors (Lipinski definition) is 4. The average Bonchev–Trinajstić information content (AvgIpc) is 3.07. The van der Waals surface area contributed by atoms with Gasteiger partial charge >= 0.3 is 6.03 Å². The van der Waals surface area contributed by atoms with Gasteiger partial charge in [0, 0.05) is 19.0 Å². The van der Waals surface area contributed by atoms with Gasteiger partial charge in [0.05, 0.1) is 13.4 Å². The van der Waals surface area contributed by atoms with E-state index in [9.17, 15) is 9.90 Å². The van der Waals surface area contributed by atoms with Crippen LogP contribution >= 0.6 is 0 Å². The fourth-order valence-electron chi connectivity index (χ4n) is 2.50. The summed E-state index contributed by atoms with van der Waals surface area (Å²) in [4.78, 5) is 12.0. The molecule has 6 heteroatoms. The fraction of sp³-hybridized carbons (Fsp3) is 0.389. The number of nitrogens with one attached hydrogen (secondary N) is 2. The van der Waals surface area contributed by atoms with Crippen LogP contribution in [0.25, 0.3) is 0 Å². The third-order valence-electron chi connectivity index (χ3n) is 3.74. The molecule has 3 N–H and O–H groups in total. The van der Waals surface area contributed by atoms with Crippen LogP contribution < -0.4 is 15.4 Å². The highest BCUT2D eigenvalue weighted by atomic mass is 16.5. The number of rotatable bonds is 7. The number of carbonyl (C=O) groups excluding carboxylic acids is 1. The third kappa shape index (κ3) is 5.03. The van der Waals surface area contributed by atoms with E-state index in [1.165, 1.54) is 6.26 Å². The van der Waals surface area contributed by atoms with Crippen LogP contribution in [-0.2, 0) is 6.54 Å². The Kier molecular flexibility index (Phi) is 6.26. The van der Waals surface area contributed by atoms with Crippen LogP contribution in [0.15, 0.2) is 41.0 Å². The van der Waals surface area contributed by atoms with Gasteiger partial charge in [-0.3, -0.25) is 0 Å². The van der Waals surface area contributed by atoms with Crippen molar-refractivity contribution in [2.75, 3.05) is 7.11 Å². The number of carbonyl (C=O) groups is 1. The quantitative estimate of drug-likeness (QED) is 0.728. The Labute approximate surface area is 141 Å². The maximum Gasteiger partial charge on any atom is 0.315 e. The number of hydrogen-bond donors (Lipinski definition) is 3. The Bertz CT molecular complexity index is 655. The second kappa shape index (κ2) is 8.40. The summed E-state index contributed by atoms with van der Waals surface area (Å²) in [6, 6.07) is 8.74. The Morgan fingerprint density at radius 1 is 1.38 bits per heavy atom. The van der Waals surface area contributed by atoms with Crippen molar-refractivity contribution in [1.29, 1.82) is 0 Å². The molecule has 0 saturated carbocycles. The number of furan rings is 1.